The van der Waals surface area contributed by atoms with Crippen LogP contribution in [0.4, 0.5) is 8.78 Å². The van der Waals surface area contributed by atoms with Crippen molar-refractivity contribution in [3.05, 3.63) is 88.3 Å². The Labute approximate surface area is 172 Å². The van der Waals surface area contributed by atoms with Gasteiger partial charge in [0.15, 0.2) is 11.2 Å². The fourth-order valence-corrected chi connectivity index (χ4v) is 3.15. The molecular formula is C20H13F2N7O2. The van der Waals surface area contributed by atoms with E-state index in [4.69, 9.17) is 4.52 Å². The number of aromatic nitrogens is 7. The number of fused-ring (bicyclic) bond motifs is 1. The van der Waals surface area contributed by atoms with Gasteiger partial charge in [-0.05, 0) is 17.7 Å². The molecule has 0 atom stereocenters. The number of hydrogen-bond donors (Lipinski definition) is 0. The first kappa shape index (κ1) is 18.7. The summed E-state index contributed by atoms with van der Waals surface area (Å²) in [6.45, 7) is 0.00923. The number of hydrogen-bond acceptors (Lipinski definition) is 7. The normalized spacial score (nSPS) is 11.3. The smallest absolute Gasteiger partial charge is 0.283 e. The monoisotopic (exact) mass is 421 g/mol. The van der Waals surface area contributed by atoms with E-state index < -0.39 is 17.2 Å². The van der Waals surface area contributed by atoms with Gasteiger partial charge < -0.3 is 4.52 Å². The molecule has 0 unspecified atom stereocenters. The summed E-state index contributed by atoms with van der Waals surface area (Å²) in [5, 5.41) is 11.7. The van der Waals surface area contributed by atoms with Crippen LogP contribution in [0.25, 0.3) is 22.6 Å². The largest absolute Gasteiger partial charge is 0.337 e. The Bertz CT molecular complexity index is 1420. The van der Waals surface area contributed by atoms with Crippen molar-refractivity contribution in [3.63, 3.8) is 0 Å². The van der Waals surface area contributed by atoms with Crippen LogP contribution in [0.3, 0.4) is 0 Å². The second-order valence-corrected chi connectivity index (χ2v) is 6.75. The molecule has 154 valence electrons. The third-order valence-corrected chi connectivity index (χ3v) is 4.55. The van der Waals surface area contributed by atoms with Gasteiger partial charge in [-0.15, -0.1) is 5.10 Å². The van der Waals surface area contributed by atoms with Crippen LogP contribution in [0.2, 0.25) is 0 Å². The minimum Gasteiger partial charge on any atom is -0.337 e. The van der Waals surface area contributed by atoms with Crippen molar-refractivity contribution >= 4 is 11.2 Å². The van der Waals surface area contributed by atoms with Crippen molar-refractivity contribution in [1.82, 2.24) is 34.7 Å². The molecule has 0 saturated heterocycles. The zero-order valence-corrected chi connectivity index (χ0v) is 15.8. The van der Waals surface area contributed by atoms with Crippen LogP contribution < -0.4 is 5.56 Å². The predicted molar refractivity (Wildman–Crippen MR) is 104 cm³/mol. The van der Waals surface area contributed by atoms with Gasteiger partial charge in [0.25, 0.3) is 5.56 Å². The molecule has 0 spiro atoms. The van der Waals surface area contributed by atoms with Crippen LogP contribution in [0.15, 0.2) is 64.2 Å². The summed E-state index contributed by atoms with van der Waals surface area (Å²) < 4.78 is 34.7. The Kier molecular flexibility index (Phi) is 4.54. The van der Waals surface area contributed by atoms with Crippen molar-refractivity contribution in [3.8, 4) is 11.4 Å². The molecule has 0 saturated carbocycles. The van der Waals surface area contributed by atoms with Gasteiger partial charge in [0.1, 0.15) is 24.5 Å². The molecule has 0 radical (unpaired) electrons. The van der Waals surface area contributed by atoms with E-state index in [1.54, 1.807) is 0 Å². The van der Waals surface area contributed by atoms with Crippen LogP contribution in [0.1, 0.15) is 11.5 Å². The zero-order chi connectivity index (χ0) is 21.4. The second kappa shape index (κ2) is 7.52. The number of benzene rings is 2. The lowest BCUT2D eigenvalue weighted by Gasteiger charge is -2.04. The Morgan fingerprint density at radius 1 is 1.00 bits per heavy atom. The molecule has 9 nitrogen and oxygen atoms in total. The Balaban J connectivity index is 1.42. The van der Waals surface area contributed by atoms with Crippen molar-refractivity contribution in [2.75, 3.05) is 0 Å². The fraction of sp³-hybridized carbons (Fsp3) is 0.100. The SMILES string of the molecule is O=c1c2nnn(Cc3cc(F)cc(F)c3)c2ncn1Cc1nc(-c2ccccc2)no1. The number of nitrogens with zero attached hydrogens (tertiary/aromatic N) is 7. The van der Waals surface area contributed by atoms with E-state index in [1.807, 2.05) is 30.3 Å². The molecule has 5 aromatic rings. The van der Waals surface area contributed by atoms with Crippen molar-refractivity contribution in [2.24, 2.45) is 0 Å². The average molecular weight is 421 g/mol. The third-order valence-electron chi connectivity index (χ3n) is 4.55. The topological polar surface area (TPSA) is 105 Å². The fourth-order valence-electron chi connectivity index (χ4n) is 3.15. The highest BCUT2D eigenvalue weighted by Gasteiger charge is 2.15. The van der Waals surface area contributed by atoms with Gasteiger partial charge in [0.05, 0.1) is 6.54 Å². The lowest BCUT2D eigenvalue weighted by atomic mass is 10.2. The van der Waals surface area contributed by atoms with Crippen LogP contribution in [0, 0.1) is 11.6 Å². The van der Waals surface area contributed by atoms with Crippen LogP contribution >= 0.6 is 0 Å². The maximum atomic E-state index is 13.4. The highest BCUT2D eigenvalue weighted by atomic mass is 19.1. The molecular weight excluding hydrogens is 408 g/mol. The van der Waals surface area contributed by atoms with Gasteiger partial charge in [0.2, 0.25) is 11.7 Å². The van der Waals surface area contributed by atoms with Gasteiger partial charge in [-0.2, -0.15) is 4.98 Å². The van der Waals surface area contributed by atoms with Crippen LogP contribution in [-0.2, 0) is 13.1 Å². The summed E-state index contributed by atoms with van der Waals surface area (Å²) in [6.07, 6.45) is 1.31. The molecule has 31 heavy (non-hydrogen) atoms. The molecule has 0 N–H and O–H groups in total. The van der Waals surface area contributed by atoms with E-state index in [-0.39, 0.29) is 30.1 Å². The summed E-state index contributed by atoms with van der Waals surface area (Å²) in [4.78, 5) is 21.3. The zero-order valence-electron chi connectivity index (χ0n) is 15.8. The molecule has 5 rings (SSSR count). The standard InChI is InChI=1S/C20H13F2N7O2/c21-14-6-12(7-15(22)8-14)9-29-19-17(25-27-29)20(30)28(11-23-19)10-16-24-18(26-31-16)13-4-2-1-3-5-13/h1-8,11H,9-10H2. The molecule has 3 heterocycles. The quantitative estimate of drug-likeness (QED) is 0.429. The van der Waals surface area contributed by atoms with Crippen LogP contribution in [-0.4, -0.2) is 34.7 Å². The summed E-state index contributed by atoms with van der Waals surface area (Å²) in [6, 6.07) is 12.4. The lowest BCUT2D eigenvalue weighted by Crippen LogP contribution is -2.21. The first-order chi connectivity index (χ1) is 15.1. The van der Waals surface area contributed by atoms with E-state index >= 15 is 0 Å². The van der Waals surface area contributed by atoms with Gasteiger partial charge in [-0.1, -0.05) is 40.7 Å². The maximum Gasteiger partial charge on any atom is 0.283 e. The first-order valence-corrected chi connectivity index (χ1v) is 9.18. The van der Waals surface area contributed by atoms with E-state index in [1.165, 1.54) is 27.7 Å². The minimum atomic E-state index is -0.704. The summed E-state index contributed by atoms with van der Waals surface area (Å²) in [7, 11) is 0. The van der Waals surface area contributed by atoms with E-state index in [9.17, 15) is 13.6 Å². The number of halogens is 2. The maximum absolute atomic E-state index is 13.4. The summed E-state index contributed by atoms with van der Waals surface area (Å²) in [5.74, 6) is -0.774. The van der Waals surface area contributed by atoms with Crippen molar-refractivity contribution in [2.45, 2.75) is 13.1 Å². The van der Waals surface area contributed by atoms with Crippen LogP contribution in [0.5, 0.6) is 0 Å². The molecule has 0 amide bonds. The van der Waals surface area contributed by atoms with E-state index in [0.717, 1.165) is 11.6 Å². The predicted octanol–water partition coefficient (Wildman–Crippen LogP) is 2.41. The number of rotatable bonds is 5. The van der Waals surface area contributed by atoms with E-state index in [0.29, 0.717) is 11.4 Å². The summed E-state index contributed by atoms with van der Waals surface area (Å²) >= 11 is 0. The minimum absolute atomic E-state index is 0.00355. The molecule has 11 heteroatoms. The van der Waals surface area contributed by atoms with Gasteiger partial charge in [-0.3, -0.25) is 9.36 Å². The average Bonchev–Trinajstić information content (AvgIpc) is 3.38. The molecule has 3 aromatic heterocycles. The van der Waals surface area contributed by atoms with Crippen molar-refractivity contribution in [1.29, 1.82) is 0 Å². The Morgan fingerprint density at radius 3 is 2.55 bits per heavy atom. The highest BCUT2D eigenvalue weighted by Crippen LogP contribution is 2.15. The lowest BCUT2D eigenvalue weighted by molar-refractivity contribution is 0.369. The third kappa shape index (κ3) is 3.68. The molecule has 0 aliphatic rings. The Hall–Kier alpha value is -4.28. The first-order valence-electron chi connectivity index (χ1n) is 9.18. The van der Waals surface area contributed by atoms with Gasteiger partial charge >= 0.3 is 0 Å². The van der Waals surface area contributed by atoms with Gasteiger partial charge in [0, 0.05) is 11.6 Å². The van der Waals surface area contributed by atoms with Gasteiger partial charge in [-0.25, -0.2) is 18.4 Å². The molecule has 0 fully saturated rings. The molecule has 0 aliphatic heterocycles. The second-order valence-electron chi connectivity index (χ2n) is 6.75. The summed E-state index contributed by atoms with van der Waals surface area (Å²) in [5.41, 5.74) is 0.870. The van der Waals surface area contributed by atoms with E-state index in [2.05, 4.69) is 25.4 Å². The molecule has 0 aliphatic carbocycles. The highest BCUT2D eigenvalue weighted by molar-refractivity contribution is 5.67. The molecule has 2 aromatic carbocycles. The Morgan fingerprint density at radius 2 is 1.77 bits per heavy atom. The van der Waals surface area contributed by atoms with Crippen molar-refractivity contribution < 1.29 is 13.3 Å². The molecule has 0 bridgehead atoms.